The number of hydrogen-bond donors (Lipinski definition) is 0. The molecule has 0 atom stereocenters. The molecule has 0 aliphatic rings. The van der Waals surface area contributed by atoms with E-state index < -0.39 is 0 Å². The number of fused-ring (bicyclic) bond motifs is 6. The van der Waals surface area contributed by atoms with E-state index >= 15 is 0 Å². The molecule has 0 aliphatic carbocycles. The summed E-state index contributed by atoms with van der Waals surface area (Å²) in [7, 11) is 0. The Hall–Kier alpha value is -9.18. The molecule has 3 nitrogen and oxygen atoms in total. The van der Waals surface area contributed by atoms with Gasteiger partial charge in [0.1, 0.15) is 11.2 Å². The smallest absolute Gasteiger partial charge is 0.136 e. The molecule has 0 bridgehead atoms. The van der Waals surface area contributed by atoms with Crippen LogP contribution in [0.1, 0.15) is 0 Å². The number of aromatic nitrogens is 1. The quantitative estimate of drug-likeness (QED) is 0.144. The van der Waals surface area contributed by atoms with Crippen molar-refractivity contribution in [3.8, 4) is 61.3 Å². The Balaban J connectivity index is 0.876. The number of anilines is 3. The molecule has 0 spiro atoms. The third-order valence-corrected chi connectivity index (χ3v) is 13.6. The maximum atomic E-state index is 6.41. The molecule has 0 saturated carbocycles. The molecule has 324 valence electrons. The largest absolute Gasteiger partial charge is 0.456 e. The second-order valence-electron chi connectivity index (χ2n) is 17.7. The van der Waals surface area contributed by atoms with E-state index in [4.69, 9.17) is 4.42 Å². The zero-order valence-corrected chi connectivity index (χ0v) is 37.7. The topological polar surface area (TPSA) is 21.3 Å². The molecule has 13 aromatic rings. The van der Waals surface area contributed by atoms with Gasteiger partial charge in [0.15, 0.2) is 0 Å². The molecule has 0 amide bonds. The SMILES string of the molecule is c1ccc(-c2cccc(-c3ccc(N(c4ccc(-c5cccc(-c6cccc(-n7c8ccccc8c8ccccc87)c6)c5)cc4)c4ccccc4-c4ccc5c(c4)oc4ccccc45)cc3)c2)cc1. The minimum Gasteiger partial charge on any atom is -0.456 e. The van der Waals surface area contributed by atoms with Crippen LogP contribution in [0.4, 0.5) is 17.1 Å². The van der Waals surface area contributed by atoms with Crippen molar-refractivity contribution in [1.29, 1.82) is 0 Å². The fourth-order valence-corrected chi connectivity index (χ4v) is 10.3. The van der Waals surface area contributed by atoms with E-state index in [-0.39, 0.29) is 0 Å². The van der Waals surface area contributed by atoms with Crippen molar-refractivity contribution < 1.29 is 4.42 Å². The molecule has 0 saturated heterocycles. The molecule has 2 aromatic heterocycles. The number of benzene rings is 11. The first kappa shape index (κ1) is 40.1. The lowest BCUT2D eigenvalue weighted by Gasteiger charge is -2.28. The number of furan rings is 1. The highest BCUT2D eigenvalue weighted by Crippen LogP contribution is 2.44. The van der Waals surface area contributed by atoms with Crippen molar-refractivity contribution >= 4 is 60.8 Å². The van der Waals surface area contributed by atoms with Crippen molar-refractivity contribution in [2.24, 2.45) is 0 Å². The monoisotopic (exact) mass is 880 g/mol. The zero-order valence-electron chi connectivity index (χ0n) is 37.7. The fourth-order valence-electron chi connectivity index (χ4n) is 10.3. The van der Waals surface area contributed by atoms with Crippen LogP contribution in [0.25, 0.3) is 105 Å². The van der Waals surface area contributed by atoms with E-state index in [0.29, 0.717) is 0 Å². The Morgan fingerprint density at radius 2 is 0.725 bits per heavy atom. The lowest BCUT2D eigenvalue weighted by Crippen LogP contribution is -2.11. The van der Waals surface area contributed by atoms with E-state index in [1.54, 1.807) is 0 Å². The summed E-state index contributed by atoms with van der Waals surface area (Å²) in [4.78, 5) is 2.38. The second kappa shape index (κ2) is 16.9. The lowest BCUT2D eigenvalue weighted by molar-refractivity contribution is 0.669. The first-order chi connectivity index (χ1) is 34.2. The molecule has 0 unspecified atom stereocenters. The summed E-state index contributed by atoms with van der Waals surface area (Å²) in [6, 6.07) is 96.1. The molecule has 0 aliphatic heterocycles. The average molecular weight is 881 g/mol. The molecule has 2 heterocycles. The predicted molar refractivity (Wildman–Crippen MR) is 290 cm³/mol. The third-order valence-electron chi connectivity index (χ3n) is 13.6. The van der Waals surface area contributed by atoms with E-state index in [2.05, 4.69) is 264 Å². The van der Waals surface area contributed by atoms with Crippen LogP contribution in [0, 0.1) is 0 Å². The van der Waals surface area contributed by atoms with Crippen LogP contribution in [-0.2, 0) is 0 Å². The summed E-state index contributed by atoms with van der Waals surface area (Å²) < 4.78 is 8.79. The van der Waals surface area contributed by atoms with E-state index in [9.17, 15) is 0 Å². The van der Waals surface area contributed by atoms with Crippen LogP contribution < -0.4 is 4.90 Å². The molecule has 69 heavy (non-hydrogen) atoms. The summed E-state index contributed by atoms with van der Waals surface area (Å²) in [5.41, 5.74) is 20.1. The first-order valence-corrected chi connectivity index (χ1v) is 23.6. The number of para-hydroxylation sites is 4. The standard InChI is InChI=1S/C66H44N2O/c1-2-15-45(16-3-1)48-17-12-18-49(41-48)46-31-36-54(37-32-46)67(62-27-8-4-23-57(62)53-35-40-61-60-26-7-11-30-65(60)69-66(61)44-53)55-38-33-47(34-39-55)50-19-13-20-51(42-50)52-21-14-22-56(43-52)68-63-28-9-5-24-58(63)59-25-6-10-29-64(59)68/h1-44H. The van der Waals surface area contributed by atoms with Crippen LogP contribution in [0.3, 0.4) is 0 Å². The lowest BCUT2D eigenvalue weighted by atomic mass is 9.97. The van der Waals surface area contributed by atoms with Crippen molar-refractivity contribution in [1.82, 2.24) is 4.57 Å². The van der Waals surface area contributed by atoms with Gasteiger partial charge in [0, 0.05) is 44.2 Å². The van der Waals surface area contributed by atoms with Crippen molar-refractivity contribution in [2.75, 3.05) is 4.90 Å². The van der Waals surface area contributed by atoms with Crippen LogP contribution in [-0.4, -0.2) is 4.57 Å². The van der Waals surface area contributed by atoms with Crippen LogP contribution in [0.2, 0.25) is 0 Å². The molecule has 0 N–H and O–H groups in total. The Morgan fingerprint density at radius 1 is 0.275 bits per heavy atom. The minimum absolute atomic E-state index is 0.877. The van der Waals surface area contributed by atoms with Gasteiger partial charge in [-0.1, -0.05) is 182 Å². The van der Waals surface area contributed by atoms with Crippen molar-refractivity contribution in [3.05, 3.63) is 267 Å². The van der Waals surface area contributed by atoms with Gasteiger partial charge < -0.3 is 13.9 Å². The maximum absolute atomic E-state index is 6.41. The zero-order chi connectivity index (χ0) is 45.7. The van der Waals surface area contributed by atoms with Gasteiger partial charge in [-0.25, -0.2) is 0 Å². The maximum Gasteiger partial charge on any atom is 0.136 e. The fraction of sp³-hybridized carbons (Fsp3) is 0. The van der Waals surface area contributed by atoms with E-state index in [1.807, 2.05) is 12.1 Å². The van der Waals surface area contributed by atoms with Gasteiger partial charge in [-0.2, -0.15) is 0 Å². The summed E-state index contributed by atoms with van der Waals surface area (Å²) >= 11 is 0. The summed E-state index contributed by atoms with van der Waals surface area (Å²) in [5.74, 6) is 0. The van der Waals surface area contributed by atoms with Gasteiger partial charge in [0.25, 0.3) is 0 Å². The normalized spacial score (nSPS) is 11.5. The molecular formula is C66H44N2O. The van der Waals surface area contributed by atoms with Crippen LogP contribution >= 0.6 is 0 Å². The van der Waals surface area contributed by atoms with Gasteiger partial charge in [0.05, 0.1) is 16.7 Å². The Labute approximate surface area is 401 Å². The molecule has 3 heteroatoms. The third kappa shape index (κ3) is 7.25. The predicted octanol–water partition coefficient (Wildman–Crippen LogP) is 18.5. The number of nitrogens with zero attached hydrogens (tertiary/aromatic N) is 2. The summed E-state index contributed by atoms with van der Waals surface area (Å²) in [6.07, 6.45) is 0. The van der Waals surface area contributed by atoms with Crippen LogP contribution in [0.15, 0.2) is 271 Å². The Morgan fingerprint density at radius 3 is 1.36 bits per heavy atom. The molecule has 0 radical (unpaired) electrons. The van der Waals surface area contributed by atoms with Gasteiger partial charge in [-0.15, -0.1) is 0 Å². The highest BCUT2D eigenvalue weighted by Gasteiger charge is 2.19. The van der Waals surface area contributed by atoms with Gasteiger partial charge in [-0.3, -0.25) is 0 Å². The van der Waals surface area contributed by atoms with Gasteiger partial charge in [0.2, 0.25) is 0 Å². The minimum atomic E-state index is 0.877. The number of hydrogen-bond acceptors (Lipinski definition) is 2. The second-order valence-corrected chi connectivity index (χ2v) is 17.7. The molecule has 11 aromatic carbocycles. The number of rotatable bonds is 9. The summed E-state index contributed by atoms with van der Waals surface area (Å²) in [5, 5.41) is 4.77. The van der Waals surface area contributed by atoms with Crippen LogP contribution in [0.5, 0.6) is 0 Å². The molecule has 13 rings (SSSR count). The Kier molecular flexibility index (Phi) is 9.84. The van der Waals surface area contributed by atoms with E-state index in [1.165, 1.54) is 49.6 Å². The van der Waals surface area contributed by atoms with Crippen molar-refractivity contribution in [2.45, 2.75) is 0 Å². The van der Waals surface area contributed by atoms with Gasteiger partial charge >= 0.3 is 0 Å². The van der Waals surface area contributed by atoms with E-state index in [0.717, 1.165) is 72.5 Å². The highest BCUT2D eigenvalue weighted by molar-refractivity contribution is 6.09. The summed E-state index contributed by atoms with van der Waals surface area (Å²) in [6.45, 7) is 0. The molecule has 0 fully saturated rings. The average Bonchev–Trinajstić information content (AvgIpc) is 3.97. The highest BCUT2D eigenvalue weighted by atomic mass is 16.3. The van der Waals surface area contributed by atoms with Crippen molar-refractivity contribution in [3.63, 3.8) is 0 Å². The first-order valence-electron chi connectivity index (χ1n) is 23.6. The van der Waals surface area contributed by atoms with Gasteiger partial charge in [-0.05, 0) is 135 Å². The molecular weight excluding hydrogens is 837 g/mol. The Bertz CT molecular complexity index is 3960.